The molecule has 6 nitrogen and oxygen atoms in total. The van der Waals surface area contributed by atoms with Gasteiger partial charge in [-0.1, -0.05) is 35.3 Å². The molecule has 1 amide bonds. The number of halogens is 3. The highest BCUT2D eigenvalue weighted by Gasteiger charge is 2.28. The molecular weight excluding hydrogens is 394 g/mol. The van der Waals surface area contributed by atoms with Crippen LogP contribution in [0.2, 0.25) is 10.0 Å². The molecule has 0 unspecified atom stereocenters. The Morgan fingerprint density at radius 2 is 1.93 bits per heavy atom. The molecule has 0 fully saturated rings. The van der Waals surface area contributed by atoms with Crippen LogP contribution in [-0.2, 0) is 11.4 Å². The van der Waals surface area contributed by atoms with E-state index >= 15 is 0 Å². The Bertz CT molecular complexity index is 984. The zero-order chi connectivity index (χ0) is 19.0. The van der Waals surface area contributed by atoms with Gasteiger partial charge in [-0.3, -0.25) is 10.1 Å². The van der Waals surface area contributed by atoms with E-state index in [4.69, 9.17) is 27.9 Å². The van der Waals surface area contributed by atoms with Crippen molar-refractivity contribution in [2.75, 3.05) is 5.32 Å². The van der Waals surface area contributed by atoms with E-state index in [1.165, 1.54) is 18.5 Å². The predicted molar refractivity (Wildman–Crippen MR) is 98.6 cm³/mol. The lowest BCUT2D eigenvalue weighted by Crippen LogP contribution is -2.29. The predicted octanol–water partition coefficient (Wildman–Crippen LogP) is 4.23. The first kappa shape index (κ1) is 17.8. The number of fused-ring (bicyclic) bond motifs is 1. The second-order valence-electron chi connectivity index (χ2n) is 6.03. The molecule has 0 bridgehead atoms. The third-order valence-corrected chi connectivity index (χ3v) is 4.76. The highest BCUT2D eigenvalue weighted by atomic mass is 35.5. The molecule has 1 aromatic heterocycles. The smallest absolute Gasteiger partial charge is 0.229 e. The molecule has 1 aliphatic rings. The van der Waals surface area contributed by atoms with Gasteiger partial charge < -0.3 is 4.74 Å². The van der Waals surface area contributed by atoms with Crippen molar-refractivity contribution in [2.45, 2.75) is 19.1 Å². The summed E-state index contributed by atoms with van der Waals surface area (Å²) in [7, 11) is 0. The number of hydrogen-bond donors (Lipinski definition) is 1. The Labute approximate surface area is 163 Å². The van der Waals surface area contributed by atoms with Crippen molar-refractivity contribution in [3.05, 3.63) is 69.7 Å². The van der Waals surface area contributed by atoms with E-state index in [9.17, 15) is 9.18 Å². The van der Waals surface area contributed by atoms with E-state index in [0.29, 0.717) is 21.7 Å². The van der Waals surface area contributed by atoms with Gasteiger partial charge in [-0.25, -0.2) is 9.07 Å². The van der Waals surface area contributed by atoms with Gasteiger partial charge in [0.25, 0.3) is 0 Å². The lowest BCUT2D eigenvalue weighted by Gasteiger charge is -2.24. The molecule has 2 aromatic carbocycles. The molecule has 4 rings (SSSR count). The van der Waals surface area contributed by atoms with Gasteiger partial charge in [0.2, 0.25) is 11.9 Å². The molecule has 0 spiro atoms. The largest absolute Gasteiger partial charge is 0.486 e. The second-order valence-corrected chi connectivity index (χ2v) is 6.84. The van der Waals surface area contributed by atoms with Gasteiger partial charge in [0.1, 0.15) is 18.8 Å². The van der Waals surface area contributed by atoms with Crippen LogP contribution in [0.3, 0.4) is 0 Å². The Morgan fingerprint density at radius 3 is 2.63 bits per heavy atom. The van der Waals surface area contributed by atoms with E-state index in [1.54, 1.807) is 28.9 Å². The summed E-state index contributed by atoms with van der Waals surface area (Å²) in [5, 5.41) is 7.44. The molecule has 0 aliphatic carbocycles. The van der Waals surface area contributed by atoms with E-state index in [1.807, 2.05) is 0 Å². The average Bonchev–Trinajstić information content (AvgIpc) is 3.10. The van der Waals surface area contributed by atoms with E-state index in [-0.39, 0.29) is 30.8 Å². The number of hydrogen-bond acceptors (Lipinski definition) is 4. The van der Waals surface area contributed by atoms with Crippen molar-refractivity contribution in [3.63, 3.8) is 0 Å². The van der Waals surface area contributed by atoms with Crippen molar-refractivity contribution in [1.82, 2.24) is 14.8 Å². The number of anilines is 1. The maximum absolute atomic E-state index is 13.0. The van der Waals surface area contributed by atoms with Crippen LogP contribution in [0.4, 0.5) is 10.3 Å². The number of nitrogens with zero attached hydrogens (tertiary/aromatic N) is 3. The number of rotatable bonds is 4. The number of nitrogens with one attached hydrogen (secondary N) is 1. The van der Waals surface area contributed by atoms with Crippen LogP contribution >= 0.6 is 23.2 Å². The molecule has 9 heteroatoms. The summed E-state index contributed by atoms with van der Waals surface area (Å²) in [5.74, 6) is 0.221. The molecule has 0 saturated heterocycles. The standard InChI is InChI=1S/C18H13Cl2FN4O2/c19-13-5-11(15-7-16(26)24-18-22-9-23-25(15)18)6-14(20)17(13)27-8-10-1-3-12(21)4-2-10/h1-6,9,15H,7-8H2,(H,22,23,24,26)/t15-/m0/s1. The summed E-state index contributed by atoms with van der Waals surface area (Å²) in [4.78, 5) is 15.9. The Morgan fingerprint density at radius 1 is 1.22 bits per heavy atom. The second kappa shape index (κ2) is 7.17. The van der Waals surface area contributed by atoms with Crippen LogP contribution in [-0.4, -0.2) is 20.7 Å². The molecule has 1 N–H and O–H groups in total. The van der Waals surface area contributed by atoms with E-state index in [0.717, 1.165) is 11.1 Å². The molecular formula is C18H13Cl2FN4O2. The van der Waals surface area contributed by atoms with Crippen LogP contribution < -0.4 is 10.1 Å². The number of ether oxygens (including phenoxy) is 1. The number of amides is 1. The van der Waals surface area contributed by atoms with Crippen LogP contribution in [0.25, 0.3) is 0 Å². The lowest BCUT2D eigenvalue weighted by molar-refractivity contribution is -0.117. The van der Waals surface area contributed by atoms with Gasteiger partial charge in [-0.2, -0.15) is 10.1 Å². The third kappa shape index (κ3) is 3.61. The minimum absolute atomic E-state index is 0.163. The molecule has 3 aromatic rings. The molecule has 27 heavy (non-hydrogen) atoms. The maximum Gasteiger partial charge on any atom is 0.229 e. The minimum atomic E-state index is -0.364. The summed E-state index contributed by atoms with van der Waals surface area (Å²) in [6, 6.07) is 8.99. The third-order valence-electron chi connectivity index (χ3n) is 4.20. The summed E-state index contributed by atoms with van der Waals surface area (Å²) in [6.07, 6.45) is 1.57. The molecule has 2 heterocycles. The van der Waals surface area contributed by atoms with E-state index < -0.39 is 0 Å². The first-order valence-electron chi connectivity index (χ1n) is 8.07. The Hall–Kier alpha value is -2.64. The summed E-state index contributed by atoms with van der Waals surface area (Å²) in [5.41, 5.74) is 1.50. The zero-order valence-corrected chi connectivity index (χ0v) is 15.3. The fourth-order valence-corrected chi connectivity index (χ4v) is 3.52. The SMILES string of the molecule is O=C1C[C@@H](c2cc(Cl)c(OCc3ccc(F)cc3)c(Cl)c2)n2ncnc2N1. The molecule has 138 valence electrons. The monoisotopic (exact) mass is 406 g/mol. The van der Waals surface area contributed by atoms with Gasteiger partial charge in [-0.05, 0) is 35.4 Å². The average molecular weight is 407 g/mol. The van der Waals surface area contributed by atoms with Gasteiger partial charge in [0, 0.05) is 0 Å². The Balaban J connectivity index is 1.59. The van der Waals surface area contributed by atoms with Crippen molar-refractivity contribution >= 4 is 35.1 Å². The summed E-state index contributed by atoms with van der Waals surface area (Å²) in [6.45, 7) is 0.193. The highest BCUT2D eigenvalue weighted by molar-refractivity contribution is 6.37. The van der Waals surface area contributed by atoms with Gasteiger partial charge in [-0.15, -0.1) is 0 Å². The number of benzene rings is 2. The normalized spacial score (nSPS) is 16.0. The van der Waals surface area contributed by atoms with Crippen LogP contribution in [0.1, 0.15) is 23.6 Å². The van der Waals surface area contributed by atoms with Crippen molar-refractivity contribution in [3.8, 4) is 5.75 Å². The van der Waals surface area contributed by atoms with Crippen molar-refractivity contribution in [2.24, 2.45) is 0 Å². The maximum atomic E-state index is 13.0. The zero-order valence-electron chi connectivity index (χ0n) is 13.8. The topological polar surface area (TPSA) is 69.0 Å². The summed E-state index contributed by atoms with van der Waals surface area (Å²) < 4.78 is 20.3. The van der Waals surface area contributed by atoms with Crippen molar-refractivity contribution < 1.29 is 13.9 Å². The van der Waals surface area contributed by atoms with Crippen molar-refractivity contribution in [1.29, 1.82) is 0 Å². The molecule has 1 atom stereocenters. The van der Waals surface area contributed by atoms with E-state index in [2.05, 4.69) is 15.4 Å². The highest BCUT2D eigenvalue weighted by Crippen LogP contribution is 2.39. The quantitative estimate of drug-likeness (QED) is 0.703. The number of carbonyl (C=O) groups is 1. The fraction of sp³-hybridized carbons (Fsp3) is 0.167. The van der Waals surface area contributed by atoms with Gasteiger partial charge >= 0.3 is 0 Å². The number of aromatic nitrogens is 3. The minimum Gasteiger partial charge on any atom is -0.486 e. The van der Waals surface area contributed by atoms with Crippen LogP contribution in [0.5, 0.6) is 5.75 Å². The molecule has 0 saturated carbocycles. The first-order chi connectivity index (χ1) is 13.0. The van der Waals surface area contributed by atoms with Crippen LogP contribution in [0.15, 0.2) is 42.7 Å². The lowest BCUT2D eigenvalue weighted by atomic mass is 10.0. The summed E-state index contributed by atoms with van der Waals surface area (Å²) >= 11 is 12.7. The van der Waals surface area contributed by atoms with Crippen LogP contribution in [0, 0.1) is 5.82 Å². The first-order valence-corrected chi connectivity index (χ1v) is 8.82. The Kier molecular flexibility index (Phi) is 4.72. The fourth-order valence-electron chi connectivity index (χ4n) is 2.91. The van der Waals surface area contributed by atoms with Gasteiger partial charge in [0.05, 0.1) is 22.5 Å². The molecule has 1 aliphatic heterocycles. The molecule has 0 radical (unpaired) electrons. The van der Waals surface area contributed by atoms with Gasteiger partial charge in [0.15, 0.2) is 5.75 Å². The number of carbonyl (C=O) groups excluding carboxylic acids is 1.